The van der Waals surface area contributed by atoms with Gasteiger partial charge in [0.25, 0.3) is 0 Å². The molecule has 0 saturated carbocycles. The molecule has 0 bridgehead atoms. The normalized spacial score (nSPS) is 14.7. The highest BCUT2D eigenvalue weighted by molar-refractivity contribution is 7.99. The number of nitro benzene ring substituents is 1. The predicted molar refractivity (Wildman–Crippen MR) is 124 cm³/mol. The number of piperidine rings is 1. The topological polar surface area (TPSA) is 85.6 Å². The molecule has 0 aliphatic carbocycles. The monoisotopic (exact) mass is 457 g/mol. The SMILES string of the molecule is COc1ccc(CSCC(=O)N2CCC(c3nc4ccccc4s3)CC2)cc1[N+](=O)[O-]. The van der Waals surface area contributed by atoms with Gasteiger partial charge in [0.1, 0.15) is 0 Å². The standard InChI is InChI=1S/C22H23N3O4S2/c1-29-19-7-6-15(12-18(19)25(27)28)13-30-14-21(26)24-10-8-16(9-11-24)22-23-17-4-2-3-5-20(17)31-22/h2-7,12,16H,8-11,13-14H2,1H3. The Morgan fingerprint density at radius 1 is 1.29 bits per heavy atom. The van der Waals surface area contributed by atoms with E-state index in [0.29, 0.717) is 17.4 Å². The quantitative estimate of drug-likeness (QED) is 0.372. The van der Waals surface area contributed by atoms with Crippen molar-refractivity contribution in [1.29, 1.82) is 0 Å². The maximum absolute atomic E-state index is 12.6. The van der Waals surface area contributed by atoms with Crippen LogP contribution in [0, 0.1) is 10.1 Å². The number of nitrogens with zero attached hydrogens (tertiary/aromatic N) is 3. The molecule has 0 unspecified atom stereocenters. The van der Waals surface area contributed by atoms with E-state index in [1.165, 1.54) is 34.6 Å². The van der Waals surface area contributed by atoms with Crippen LogP contribution in [0.3, 0.4) is 0 Å². The van der Waals surface area contributed by atoms with Crippen LogP contribution in [-0.4, -0.2) is 46.7 Å². The fourth-order valence-electron chi connectivity index (χ4n) is 3.76. The number of methoxy groups -OCH3 is 1. The van der Waals surface area contributed by atoms with Crippen LogP contribution >= 0.6 is 23.1 Å². The number of thiazole rings is 1. The Kier molecular flexibility index (Phi) is 6.72. The summed E-state index contributed by atoms with van der Waals surface area (Å²) in [5.41, 5.74) is 1.81. The lowest BCUT2D eigenvalue weighted by Crippen LogP contribution is -2.38. The number of para-hydroxylation sites is 1. The molecule has 1 saturated heterocycles. The first kappa shape index (κ1) is 21.6. The van der Waals surface area contributed by atoms with Crippen molar-refractivity contribution in [1.82, 2.24) is 9.88 Å². The number of hydrogen-bond donors (Lipinski definition) is 0. The summed E-state index contributed by atoms with van der Waals surface area (Å²) in [7, 11) is 1.41. The molecule has 7 nitrogen and oxygen atoms in total. The lowest BCUT2D eigenvalue weighted by atomic mass is 9.97. The van der Waals surface area contributed by atoms with Crippen LogP contribution in [0.25, 0.3) is 10.2 Å². The summed E-state index contributed by atoms with van der Waals surface area (Å²) in [6.45, 7) is 1.49. The second-order valence-corrected chi connectivity index (χ2v) is 9.48. The van der Waals surface area contributed by atoms with Crippen molar-refractivity contribution in [2.24, 2.45) is 0 Å². The Balaban J connectivity index is 1.27. The smallest absolute Gasteiger partial charge is 0.311 e. The lowest BCUT2D eigenvalue weighted by molar-refractivity contribution is -0.385. The molecule has 9 heteroatoms. The Bertz CT molecular complexity index is 1060. The molecule has 1 aromatic heterocycles. The first-order valence-electron chi connectivity index (χ1n) is 10.1. The van der Waals surface area contributed by atoms with Crippen molar-refractivity contribution in [3.05, 3.63) is 63.1 Å². The van der Waals surface area contributed by atoms with Crippen LogP contribution in [0.4, 0.5) is 5.69 Å². The van der Waals surface area contributed by atoms with E-state index in [0.717, 1.165) is 37.0 Å². The van der Waals surface area contributed by atoms with Crippen molar-refractivity contribution in [3.63, 3.8) is 0 Å². The van der Waals surface area contributed by atoms with E-state index in [4.69, 9.17) is 9.72 Å². The van der Waals surface area contributed by atoms with Gasteiger partial charge in [-0.05, 0) is 36.6 Å². The number of benzene rings is 2. The van der Waals surface area contributed by atoms with Crippen LogP contribution < -0.4 is 4.74 Å². The molecule has 2 aromatic carbocycles. The third kappa shape index (κ3) is 4.99. The summed E-state index contributed by atoms with van der Waals surface area (Å²) in [5.74, 6) is 1.68. The largest absolute Gasteiger partial charge is 0.490 e. The molecule has 31 heavy (non-hydrogen) atoms. The minimum Gasteiger partial charge on any atom is -0.490 e. The molecule has 0 atom stereocenters. The van der Waals surface area contributed by atoms with Crippen molar-refractivity contribution < 1.29 is 14.5 Å². The third-order valence-corrected chi connectivity index (χ3v) is 7.63. The molecular weight excluding hydrogens is 434 g/mol. The Hall–Kier alpha value is -2.65. The number of hydrogen-bond acceptors (Lipinski definition) is 7. The van der Waals surface area contributed by atoms with Gasteiger partial charge in [0.2, 0.25) is 5.91 Å². The number of likely N-dealkylation sites (tertiary alicyclic amines) is 1. The fraction of sp³-hybridized carbons (Fsp3) is 0.364. The molecule has 1 fully saturated rings. The molecular formula is C22H23N3O4S2. The van der Waals surface area contributed by atoms with Gasteiger partial charge < -0.3 is 9.64 Å². The highest BCUT2D eigenvalue weighted by atomic mass is 32.2. The van der Waals surface area contributed by atoms with Gasteiger partial charge in [-0.1, -0.05) is 18.2 Å². The van der Waals surface area contributed by atoms with Crippen molar-refractivity contribution >= 4 is 44.9 Å². The molecule has 1 aliphatic rings. The number of aromatic nitrogens is 1. The maximum atomic E-state index is 12.6. The van der Waals surface area contributed by atoms with Gasteiger partial charge in [-0.15, -0.1) is 23.1 Å². The zero-order chi connectivity index (χ0) is 21.8. The molecule has 0 N–H and O–H groups in total. The summed E-state index contributed by atoms with van der Waals surface area (Å²) in [6.07, 6.45) is 1.86. The number of fused-ring (bicyclic) bond motifs is 1. The van der Waals surface area contributed by atoms with E-state index in [1.807, 2.05) is 23.1 Å². The van der Waals surface area contributed by atoms with Gasteiger partial charge >= 0.3 is 5.69 Å². The molecule has 0 radical (unpaired) electrons. The van der Waals surface area contributed by atoms with Crippen molar-refractivity contribution in [2.75, 3.05) is 26.0 Å². The van der Waals surface area contributed by atoms with Crippen LogP contribution in [0.15, 0.2) is 42.5 Å². The highest BCUT2D eigenvalue weighted by Crippen LogP contribution is 2.34. The van der Waals surface area contributed by atoms with Crippen molar-refractivity contribution in [2.45, 2.75) is 24.5 Å². The average molecular weight is 458 g/mol. The summed E-state index contributed by atoms with van der Waals surface area (Å²) in [5, 5.41) is 12.3. The van der Waals surface area contributed by atoms with E-state index >= 15 is 0 Å². The molecule has 2 heterocycles. The van der Waals surface area contributed by atoms with Gasteiger partial charge in [0.05, 0.1) is 33.0 Å². The summed E-state index contributed by atoms with van der Waals surface area (Å²) < 4.78 is 6.24. The first-order chi connectivity index (χ1) is 15.0. The summed E-state index contributed by atoms with van der Waals surface area (Å²) in [4.78, 5) is 30.0. The van der Waals surface area contributed by atoms with E-state index in [-0.39, 0.29) is 17.3 Å². The molecule has 4 rings (SSSR count). The molecule has 1 aliphatic heterocycles. The fourth-order valence-corrected chi connectivity index (χ4v) is 5.77. The van der Waals surface area contributed by atoms with E-state index in [1.54, 1.807) is 23.5 Å². The van der Waals surface area contributed by atoms with Gasteiger partial charge in [0, 0.05) is 30.8 Å². The minimum atomic E-state index is -0.451. The predicted octanol–water partition coefficient (Wildman–Crippen LogP) is 4.85. The van der Waals surface area contributed by atoms with E-state index in [9.17, 15) is 14.9 Å². The van der Waals surface area contributed by atoms with Gasteiger partial charge in [-0.25, -0.2) is 4.98 Å². The number of amides is 1. The lowest BCUT2D eigenvalue weighted by Gasteiger charge is -2.31. The van der Waals surface area contributed by atoms with Crippen LogP contribution in [0.2, 0.25) is 0 Å². The summed E-state index contributed by atoms with van der Waals surface area (Å²) >= 11 is 3.23. The molecule has 162 valence electrons. The third-order valence-electron chi connectivity index (χ3n) is 5.44. The van der Waals surface area contributed by atoms with E-state index in [2.05, 4.69) is 6.07 Å². The first-order valence-corrected chi connectivity index (χ1v) is 12.0. The zero-order valence-corrected chi connectivity index (χ0v) is 18.8. The number of thioether (sulfide) groups is 1. The van der Waals surface area contributed by atoms with E-state index < -0.39 is 4.92 Å². The van der Waals surface area contributed by atoms with Crippen LogP contribution in [0.5, 0.6) is 5.75 Å². The number of carbonyl (C=O) groups excluding carboxylic acids is 1. The van der Waals surface area contributed by atoms with Crippen molar-refractivity contribution in [3.8, 4) is 5.75 Å². The Morgan fingerprint density at radius 3 is 2.77 bits per heavy atom. The average Bonchev–Trinajstić information content (AvgIpc) is 3.23. The zero-order valence-electron chi connectivity index (χ0n) is 17.2. The highest BCUT2D eigenvalue weighted by Gasteiger charge is 2.26. The number of ether oxygens (including phenoxy) is 1. The number of nitro groups is 1. The number of carbonyl (C=O) groups is 1. The second-order valence-electron chi connectivity index (χ2n) is 7.43. The second kappa shape index (κ2) is 9.65. The Labute approximate surface area is 188 Å². The van der Waals surface area contributed by atoms with Crippen LogP contribution in [-0.2, 0) is 10.5 Å². The number of rotatable bonds is 7. The molecule has 1 amide bonds. The van der Waals surface area contributed by atoms with Gasteiger partial charge in [-0.3, -0.25) is 14.9 Å². The summed E-state index contributed by atoms with van der Waals surface area (Å²) in [6, 6.07) is 13.1. The van der Waals surface area contributed by atoms with Crippen LogP contribution in [0.1, 0.15) is 29.3 Å². The minimum absolute atomic E-state index is 0.0520. The molecule has 0 spiro atoms. The maximum Gasteiger partial charge on any atom is 0.311 e. The molecule has 3 aromatic rings. The van der Waals surface area contributed by atoms with Gasteiger partial charge in [0.15, 0.2) is 5.75 Å². The Morgan fingerprint density at radius 2 is 2.06 bits per heavy atom. The van der Waals surface area contributed by atoms with Gasteiger partial charge in [-0.2, -0.15) is 0 Å².